The minimum absolute atomic E-state index is 0.892. The second-order valence-electron chi connectivity index (χ2n) is 5.57. The third-order valence-corrected chi connectivity index (χ3v) is 4.64. The van der Waals surface area contributed by atoms with E-state index < -0.39 is 0 Å². The molecule has 1 saturated heterocycles. The second-order valence-corrected chi connectivity index (χ2v) is 6.48. The van der Waals surface area contributed by atoms with Crippen molar-refractivity contribution in [3.63, 3.8) is 0 Å². The molecule has 1 aromatic rings. The molecule has 0 aliphatic carbocycles. The Bertz CT molecular complexity index is 417. The van der Waals surface area contributed by atoms with E-state index in [0.717, 1.165) is 29.2 Å². The third-order valence-electron chi connectivity index (χ3n) is 4.15. The number of halogens is 1. The molecule has 112 valence electrons. The molecule has 0 spiro atoms. The summed E-state index contributed by atoms with van der Waals surface area (Å²) in [6, 6.07) is 6.25. The first kappa shape index (κ1) is 15.8. The highest BCUT2D eigenvalue weighted by atomic mass is 79.9. The summed E-state index contributed by atoms with van der Waals surface area (Å²) in [6.07, 6.45) is 3.94. The SMILES string of the molecule is CNCCC1CCN(Cc2cc(Br)ccc2OC)CC1. The number of likely N-dealkylation sites (tertiary alicyclic amines) is 1. The van der Waals surface area contributed by atoms with Crippen molar-refractivity contribution < 1.29 is 4.74 Å². The van der Waals surface area contributed by atoms with Crippen LogP contribution in [0.2, 0.25) is 0 Å². The molecule has 20 heavy (non-hydrogen) atoms. The van der Waals surface area contributed by atoms with Crippen molar-refractivity contribution in [3.05, 3.63) is 28.2 Å². The zero-order valence-electron chi connectivity index (χ0n) is 12.5. The molecule has 0 saturated carbocycles. The van der Waals surface area contributed by atoms with Crippen molar-refractivity contribution in [2.75, 3.05) is 33.8 Å². The van der Waals surface area contributed by atoms with Crippen LogP contribution in [0.4, 0.5) is 0 Å². The lowest BCUT2D eigenvalue weighted by Crippen LogP contribution is -2.34. The molecule has 2 rings (SSSR count). The van der Waals surface area contributed by atoms with Gasteiger partial charge in [-0.3, -0.25) is 4.90 Å². The zero-order valence-corrected chi connectivity index (χ0v) is 14.1. The molecule has 1 aliphatic heterocycles. The Morgan fingerprint density at radius 2 is 2.10 bits per heavy atom. The molecule has 0 aromatic heterocycles. The highest BCUT2D eigenvalue weighted by Gasteiger charge is 2.19. The van der Waals surface area contributed by atoms with E-state index in [1.54, 1.807) is 7.11 Å². The number of benzene rings is 1. The Hall–Kier alpha value is -0.580. The summed E-state index contributed by atoms with van der Waals surface area (Å²) in [5.41, 5.74) is 1.27. The number of nitrogens with one attached hydrogen (secondary N) is 1. The van der Waals surface area contributed by atoms with Gasteiger partial charge in [0.15, 0.2) is 0 Å². The molecule has 3 nitrogen and oxygen atoms in total. The lowest BCUT2D eigenvalue weighted by atomic mass is 9.93. The number of hydrogen-bond acceptors (Lipinski definition) is 3. The van der Waals surface area contributed by atoms with Crippen LogP contribution in [0.3, 0.4) is 0 Å². The summed E-state index contributed by atoms with van der Waals surface area (Å²) in [6.45, 7) is 4.53. The monoisotopic (exact) mass is 340 g/mol. The van der Waals surface area contributed by atoms with Crippen LogP contribution in [0.1, 0.15) is 24.8 Å². The molecule has 4 heteroatoms. The molecule has 1 N–H and O–H groups in total. The molecule has 1 aromatic carbocycles. The van der Waals surface area contributed by atoms with E-state index in [2.05, 4.69) is 32.2 Å². The second kappa shape index (κ2) is 8.01. The van der Waals surface area contributed by atoms with Crippen LogP contribution < -0.4 is 10.1 Å². The predicted molar refractivity (Wildman–Crippen MR) is 87.2 cm³/mol. The molecule has 1 heterocycles. The summed E-state index contributed by atoms with van der Waals surface area (Å²) in [5, 5.41) is 3.25. The highest BCUT2D eigenvalue weighted by molar-refractivity contribution is 9.10. The van der Waals surface area contributed by atoms with E-state index in [-0.39, 0.29) is 0 Å². The number of nitrogens with zero attached hydrogens (tertiary/aromatic N) is 1. The maximum absolute atomic E-state index is 5.46. The fraction of sp³-hybridized carbons (Fsp3) is 0.625. The fourth-order valence-electron chi connectivity index (χ4n) is 2.89. The summed E-state index contributed by atoms with van der Waals surface area (Å²) >= 11 is 3.55. The van der Waals surface area contributed by atoms with Crippen LogP contribution in [0.5, 0.6) is 5.75 Å². The quantitative estimate of drug-likeness (QED) is 0.859. The first-order chi connectivity index (χ1) is 9.72. The smallest absolute Gasteiger partial charge is 0.123 e. The lowest BCUT2D eigenvalue weighted by molar-refractivity contribution is 0.171. The Morgan fingerprint density at radius 1 is 1.35 bits per heavy atom. The van der Waals surface area contributed by atoms with Crippen LogP contribution in [-0.2, 0) is 6.54 Å². The van der Waals surface area contributed by atoms with Crippen molar-refractivity contribution >= 4 is 15.9 Å². The Balaban J connectivity index is 1.87. The first-order valence-corrected chi connectivity index (χ1v) is 8.21. The fourth-order valence-corrected chi connectivity index (χ4v) is 3.30. The Morgan fingerprint density at radius 3 is 2.75 bits per heavy atom. The zero-order chi connectivity index (χ0) is 14.4. The molecular weight excluding hydrogens is 316 g/mol. The van der Waals surface area contributed by atoms with E-state index in [0.29, 0.717) is 0 Å². The summed E-state index contributed by atoms with van der Waals surface area (Å²) in [7, 11) is 3.78. The Labute approximate surface area is 130 Å². The van der Waals surface area contributed by atoms with Gasteiger partial charge >= 0.3 is 0 Å². The number of ether oxygens (including phenoxy) is 1. The first-order valence-electron chi connectivity index (χ1n) is 7.42. The van der Waals surface area contributed by atoms with Gasteiger partial charge in [-0.05, 0) is 70.1 Å². The van der Waals surface area contributed by atoms with Crippen LogP contribution in [0, 0.1) is 5.92 Å². The lowest BCUT2D eigenvalue weighted by Gasteiger charge is -2.32. The number of methoxy groups -OCH3 is 1. The van der Waals surface area contributed by atoms with Crippen molar-refractivity contribution in [3.8, 4) is 5.75 Å². The average molecular weight is 341 g/mol. The van der Waals surface area contributed by atoms with Gasteiger partial charge in [-0.15, -0.1) is 0 Å². The van der Waals surface area contributed by atoms with Gasteiger partial charge in [0.2, 0.25) is 0 Å². The van der Waals surface area contributed by atoms with Crippen molar-refractivity contribution in [1.29, 1.82) is 0 Å². The summed E-state index contributed by atoms with van der Waals surface area (Å²) in [5.74, 6) is 1.88. The van der Waals surface area contributed by atoms with Gasteiger partial charge < -0.3 is 10.1 Å². The van der Waals surface area contributed by atoms with Gasteiger partial charge in [-0.2, -0.15) is 0 Å². The van der Waals surface area contributed by atoms with Crippen LogP contribution in [0.25, 0.3) is 0 Å². The number of rotatable bonds is 6. The molecule has 1 aliphatic rings. The predicted octanol–water partition coefficient (Wildman–Crippen LogP) is 3.28. The molecule has 0 atom stereocenters. The molecule has 0 unspecified atom stereocenters. The molecule has 1 fully saturated rings. The van der Waals surface area contributed by atoms with E-state index in [1.807, 2.05) is 19.2 Å². The Kier molecular flexibility index (Phi) is 6.33. The van der Waals surface area contributed by atoms with E-state index in [4.69, 9.17) is 4.74 Å². The summed E-state index contributed by atoms with van der Waals surface area (Å²) in [4.78, 5) is 2.54. The molecule has 0 amide bonds. The maximum atomic E-state index is 5.46. The average Bonchev–Trinajstić information content (AvgIpc) is 2.47. The van der Waals surface area contributed by atoms with Crippen LogP contribution >= 0.6 is 15.9 Å². The van der Waals surface area contributed by atoms with Crippen molar-refractivity contribution in [2.24, 2.45) is 5.92 Å². The number of piperidine rings is 1. The largest absolute Gasteiger partial charge is 0.496 e. The van der Waals surface area contributed by atoms with Gasteiger partial charge in [0, 0.05) is 16.6 Å². The minimum Gasteiger partial charge on any atom is -0.496 e. The maximum Gasteiger partial charge on any atom is 0.123 e. The molecule has 0 bridgehead atoms. The van der Waals surface area contributed by atoms with Crippen molar-refractivity contribution in [1.82, 2.24) is 10.2 Å². The van der Waals surface area contributed by atoms with Gasteiger partial charge in [-0.25, -0.2) is 0 Å². The molecular formula is C16H25BrN2O. The number of hydrogen-bond donors (Lipinski definition) is 1. The summed E-state index contributed by atoms with van der Waals surface area (Å²) < 4.78 is 6.58. The van der Waals surface area contributed by atoms with Crippen molar-refractivity contribution in [2.45, 2.75) is 25.8 Å². The van der Waals surface area contributed by atoms with Crippen LogP contribution in [-0.4, -0.2) is 38.7 Å². The van der Waals surface area contributed by atoms with E-state index in [9.17, 15) is 0 Å². The topological polar surface area (TPSA) is 24.5 Å². The van der Waals surface area contributed by atoms with Crippen LogP contribution in [0.15, 0.2) is 22.7 Å². The normalized spacial score (nSPS) is 17.4. The van der Waals surface area contributed by atoms with E-state index in [1.165, 1.54) is 37.9 Å². The van der Waals surface area contributed by atoms with Gasteiger partial charge in [0.1, 0.15) is 5.75 Å². The molecule has 0 radical (unpaired) electrons. The van der Waals surface area contributed by atoms with E-state index >= 15 is 0 Å². The highest BCUT2D eigenvalue weighted by Crippen LogP contribution is 2.27. The van der Waals surface area contributed by atoms with Gasteiger partial charge in [0.05, 0.1) is 7.11 Å². The standard InChI is InChI=1S/C16H25BrN2O/c1-18-8-5-13-6-9-19(10-7-13)12-14-11-15(17)3-4-16(14)20-2/h3-4,11,13,18H,5-10,12H2,1-2H3. The van der Waals surface area contributed by atoms with Gasteiger partial charge in [0.25, 0.3) is 0 Å². The van der Waals surface area contributed by atoms with Gasteiger partial charge in [-0.1, -0.05) is 15.9 Å². The third kappa shape index (κ3) is 4.47. The minimum atomic E-state index is 0.892.